The highest BCUT2D eigenvalue weighted by Gasteiger charge is 2.45. The van der Waals surface area contributed by atoms with Gasteiger partial charge in [-0.15, -0.1) is 5.10 Å². The summed E-state index contributed by atoms with van der Waals surface area (Å²) in [7, 11) is 0. The van der Waals surface area contributed by atoms with E-state index in [4.69, 9.17) is 10.2 Å². The lowest BCUT2D eigenvalue weighted by atomic mass is 9.59. The molecule has 0 aliphatic heterocycles. The quantitative estimate of drug-likeness (QED) is 0.783. The lowest BCUT2D eigenvalue weighted by molar-refractivity contribution is -0.137. The second kappa shape index (κ2) is 5.91. The molecule has 0 spiro atoms. The Morgan fingerprint density at radius 1 is 1.44 bits per heavy atom. The minimum Gasteiger partial charge on any atom is -0.388 e. The van der Waals surface area contributed by atoms with E-state index in [0.29, 0.717) is 6.54 Å². The van der Waals surface area contributed by atoms with Crippen LogP contribution in [0.15, 0.2) is 27.4 Å². The first-order valence-electron chi connectivity index (χ1n) is 7.85. The molecule has 0 saturated heterocycles. The van der Waals surface area contributed by atoms with E-state index in [0.717, 1.165) is 12.5 Å². The molecule has 2 atom stereocenters. The van der Waals surface area contributed by atoms with Crippen LogP contribution in [-0.2, 0) is 6.18 Å². The number of nitrogens with zero attached hydrogens (tertiary/aromatic N) is 1. The van der Waals surface area contributed by atoms with Gasteiger partial charge in [0.25, 0.3) is 0 Å². The number of halogens is 3. The number of hydrogen-bond acceptors (Lipinski definition) is 5. The number of hydrogen-bond donors (Lipinski definition) is 3. The molecule has 1 aliphatic rings. The van der Waals surface area contributed by atoms with Gasteiger partial charge in [-0.1, -0.05) is 13.8 Å². The zero-order chi connectivity index (χ0) is 18.4. The van der Waals surface area contributed by atoms with E-state index >= 15 is 0 Å². The molecule has 6 nitrogen and oxygen atoms in total. The summed E-state index contributed by atoms with van der Waals surface area (Å²) in [5.74, 6) is -0.655. The Hall–Kier alpha value is -2.29. The maximum absolute atomic E-state index is 13.3. The van der Waals surface area contributed by atoms with E-state index in [1.165, 1.54) is 12.1 Å². The maximum Gasteiger partial charge on any atom is 0.434 e. The lowest BCUT2D eigenvalue weighted by Gasteiger charge is -2.50. The normalized spacial score (nSPS) is 22.5. The van der Waals surface area contributed by atoms with Crippen LogP contribution in [-0.4, -0.2) is 22.8 Å². The first-order chi connectivity index (χ1) is 11.6. The Labute approximate surface area is 141 Å². The lowest BCUT2D eigenvalue weighted by Crippen LogP contribution is -2.56. The fourth-order valence-corrected chi connectivity index (χ4v) is 3.06. The summed E-state index contributed by atoms with van der Waals surface area (Å²) in [6.45, 7) is 4.39. The van der Waals surface area contributed by atoms with Crippen LogP contribution in [0.5, 0.6) is 0 Å². The zero-order valence-corrected chi connectivity index (χ0v) is 13.8. The van der Waals surface area contributed by atoms with Gasteiger partial charge in [-0.25, -0.2) is 9.89 Å². The summed E-state index contributed by atoms with van der Waals surface area (Å²) in [4.78, 5) is 11.0. The Balaban J connectivity index is 1.88. The number of H-pyrrole nitrogens is 1. The van der Waals surface area contributed by atoms with Crippen molar-refractivity contribution in [2.24, 2.45) is 17.1 Å². The van der Waals surface area contributed by atoms with Gasteiger partial charge in [-0.3, -0.25) is 0 Å². The molecule has 25 heavy (non-hydrogen) atoms. The SMILES string of the molecule is CC1(C)[C@H](CNc2cc(-c3n[nH]c(=O)o3)ccc2C(F)(F)F)C[C@@H]1N. The van der Waals surface area contributed by atoms with E-state index < -0.39 is 17.5 Å². The average Bonchev–Trinajstić information content (AvgIpc) is 2.96. The van der Waals surface area contributed by atoms with E-state index in [1.54, 1.807) is 0 Å². The summed E-state index contributed by atoms with van der Waals surface area (Å²) in [6.07, 6.45) is -3.74. The molecule has 2 aromatic rings. The van der Waals surface area contributed by atoms with Crippen molar-refractivity contribution in [2.45, 2.75) is 32.5 Å². The molecule has 1 aromatic carbocycles. The third kappa shape index (κ3) is 3.28. The van der Waals surface area contributed by atoms with Crippen molar-refractivity contribution in [1.29, 1.82) is 0 Å². The molecule has 1 saturated carbocycles. The third-order valence-electron chi connectivity index (χ3n) is 5.10. The van der Waals surface area contributed by atoms with E-state index in [-0.39, 0.29) is 34.5 Å². The molecule has 1 heterocycles. The van der Waals surface area contributed by atoms with Crippen molar-refractivity contribution in [3.63, 3.8) is 0 Å². The first kappa shape index (κ1) is 17.5. The number of rotatable bonds is 4. The van der Waals surface area contributed by atoms with E-state index in [2.05, 4.69) is 15.5 Å². The van der Waals surface area contributed by atoms with Gasteiger partial charge in [0.2, 0.25) is 5.89 Å². The molecular weight excluding hydrogens is 337 g/mol. The van der Waals surface area contributed by atoms with Crippen molar-refractivity contribution in [2.75, 3.05) is 11.9 Å². The van der Waals surface area contributed by atoms with Crippen molar-refractivity contribution < 1.29 is 17.6 Å². The first-order valence-corrected chi connectivity index (χ1v) is 7.85. The summed E-state index contributed by atoms with van der Waals surface area (Å²) in [5, 5.41) is 8.61. The van der Waals surface area contributed by atoms with Crippen LogP contribution < -0.4 is 16.8 Å². The van der Waals surface area contributed by atoms with Gasteiger partial charge in [-0.05, 0) is 36.0 Å². The molecule has 3 rings (SSSR count). The zero-order valence-electron chi connectivity index (χ0n) is 13.8. The smallest absolute Gasteiger partial charge is 0.388 e. The fourth-order valence-electron chi connectivity index (χ4n) is 3.06. The molecule has 4 N–H and O–H groups in total. The van der Waals surface area contributed by atoms with E-state index in [1.807, 2.05) is 13.8 Å². The van der Waals surface area contributed by atoms with Crippen LogP contribution in [0.25, 0.3) is 11.5 Å². The molecule has 1 aliphatic carbocycles. The van der Waals surface area contributed by atoms with Crippen molar-refractivity contribution in [3.05, 3.63) is 34.3 Å². The maximum atomic E-state index is 13.3. The number of aromatic nitrogens is 2. The standard InChI is InChI=1S/C16H19F3N4O2/c1-15(2)9(6-12(15)20)7-21-11-5-8(13-22-23-14(24)25-13)3-4-10(11)16(17,18)19/h3-5,9,12,21H,6-7,20H2,1-2H3,(H,23,24)/t9-,12-/m0/s1. The molecule has 1 aromatic heterocycles. The van der Waals surface area contributed by atoms with Crippen molar-refractivity contribution in [3.8, 4) is 11.5 Å². The number of alkyl halides is 3. The average molecular weight is 356 g/mol. The molecule has 0 unspecified atom stereocenters. The highest BCUT2D eigenvalue weighted by atomic mass is 19.4. The van der Waals surface area contributed by atoms with Crippen LogP contribution >= 0.6 is 0 Å². The van der Waals surface area contributed by atoms with Gasteiger partial charge in [0, 0.05) is 23.8 Å². The van der Waals surface area contributed by atoms with Crippen molar-refractivity contribution in [1.82, 2.24) is 10.2 Å². The largest absolute Gasteiger partial charge is 0.434 e. The fraction of sp³-hybridized carbons (Fsp3) is 0.500. The third-order valence-corrected chi connectivity index (χ3v) is 5.10. The van der Waals surface area contributed by atoms with Gasteiger partial charge >= 0.3 is 11.9 Å². The minimum absolute atomic E-state index is 0.0473. The Morgan fingerprint density at radius 2 is 2.16 bits per heavy atom. The van der Waals surface area contributed by atoms with E-state index in [9.17, 15) is 18.0 Å². The molecule has 9 heteroatoms. The highest BCUT2D eigenvalue weighted by molar-refractivity contribution is 5.65. The number of anilines is 1. The Kier molecular flexibility index (Phi) is 4.14. The van der Waals surface area contributed by atoms with Crippen LogP contribution in [0.4, 0.5) is 18.9 Å². The highest BCUT2D eigenvalue weighted by Crippen LogP contribution is 2.45. The number of nitrogens with two attached hydrogens (primary N) is 1. The van der Waals surface area contributed by atoms with Gasteiger partial charge in [-0.2, -0.15) is 13.2 Å². The number of aromatic amines is 1. The van der Waals surface area contributed by atoms with Crippen LogP contribution in [0.1, 0.15) is 25.8 Å². The predicted molar refractivity (Wildman–Crippen MR) is 85.9 cm³/mol. The molecule has 0 radical (unpaired) electrons. The second-order valence-electron chi connectivity index (χ2n) is 6.92. The molecule has 1 fully saturated rings. The number of benzene rings is 1. The van der Waals surface area contributed by atoms with Gasteiger partial charge < -0.3 is 15.5 Å². The van der Waals surface area contributed by atoms with Crippen molar-refractivity contribution >= 4 is 5.69 Å². The summed E-state index contributed by atoms with van der Waals surface area (Å²) in [5.41, 5.74) is 5.25. The summed E-state index contributed by atoms with van der Waals surface area (Å²) in [6, 6.07) is 3.50. The van der Waals surface area contributed by atoms with Crippen LogP contribution in [0.3, 0.4) is 0 Å². The molecule has 136 valence electrons. The number of nitrogens with one attached hydrogen (secondary N) is 2. The predicted octanol–water partition coefficient (Wildman–Crippen LogP) is 2.83. The Morgan fingerprint density at radius 3 is 2.68 bits per heavy atom. The minimum atomic E-state index is -4.50. The van der Waals surface area contributed by atoms with Gasteiger partial charge in [0.1, 0.15) is 0 Å². The topological polar surface area (TPSA) is 96.9 Å². The second-order valence-corrected chi connectivity index (χ2v) is 6.92. The Bertz CT molecular complexity index is 825. The monoisotopic (exact) mass is 356 g/mol. The molecule has 0 bridgehead atoms. The van der Waals surface area contributed by atoms with Crippen LogP contribution in [0.2, 0.25) is 0 Å². The molecule has 0 amide bonds. The van der Waals surface area contributed by atoms with Gasteiger partial charge in [0.15, 0.2) is 0 Å². The van der Waals surface area contributed by atoms with Gasteiger partial charge in [0.05, 0.1) is 5.56 Å². The van der Waals surface area contributed by atoms with Crippen LogP contribution in [0, 0.1) is 11.3 Å². The summed E-state index contributed by atoms with van der Waals surface area (Å²) >= 11 is 0. The molecular formula is C16H19F3N4O2. The summed E-state index contributed by atoms with van der Waals surface area (Å²) < 4.78 is 44.6.